The van der Waals surface area contributed by atoms with E-state index in [1.807, 2.05) is 6.07 Å². The zero-order valence-electron chi connectivity index (χ0n) is 12.0. The van der Waals surface area contributed by atoms with Crippen LogP contribution < -0.4 is 11.3 Å². The average molecular weight is 275 g/mol. The predicted octanol–water partition coefficient (Wildman–Crippen LogP) is 1.06. The summed E-state index contributed by atoms with van der Waals surface area (Å²) >= 11 is 0. The Morgan fingerprint density at radius 1 is 1.55 bits per heavy atom. The van der Waals surface area contributed by atoms with E-state index in [0.29, 0.717) is 31.1 Å². The third kappa shape index (κ3) is 5.34. The molecule has 6 nitrogen and oxygen atoms in total. The molecule has 0 unspecified atom stereocenters. The van der Waals surface area contributed by atoms with Gasteiger partial charge in [0.15, 0.2) is 0 Å². The zero-order chi connectivity index (χ0) is 15.0. The van der Waals surface area contributed by atoms with Crippen molar-refractivity contribution in [3.05, 3.63) is 29.6 Å². The van der Waals surface area contributed by atoms with Crippen LogP contribution in [0.1, 0.15) is 36.5 Å². The molecule has 1 aromatic heterocycles. The Hall–Kier alpha value is -1.97. The van der Waals surface area contributed by atoms with Gasteiger partial charge in [-0.05, 0) is 18.1 Å². The highest BCUT2D eigenvalue weighted by molar-refractivity contribution is 5.91. The molecule has 1 heterocycles. The maximum Gasteiger partial charge on any atom is 0.283 e. The second-order valence-electron chi connectivity index (χ2n) is 5.02. The number of nitriles is 1. The van der Waals surface area contributed by atoms with Crippen LogP contribution in [0.25, 0.3) is 0 Å². The Kier molecular flexibility index (Phi) is 6.64. The van der Waals surface area contributed by atoms with Crippen LogP contribution in [0, 0.1) is 17.2 Å². The predicted molar refractivity (Wildman–Crippen MR) is 76.2 cm³/mol. The first kappa shape index (κ1) is 16.1. The maximum atomic E-state index is 11.4. The number of carbonyl (C=O) groups excluding carboxylic acids is 1. The van der Waals surface area contributed by atoms with E-state index in [9.17, 15) is 4.79 Å². The molecular formula is C14H21N5O. The van der Waals surface area contributed by atoms with Gasteiger partial charge in [-0.3, -0.25) is 15.1 Å². The molecule has 0 aliphatic rings. The van der Waals surface area contributed by atoms with Gasteiger partial charge in [0.1, 0.15) is 5.69 Å². The fourth-order valence-electron chi connectivity index (χ4n) is 1.96. The normalized spacial score (nSPS) is 10.6. The van der Waals surface area contributed by atoms with Crippen LogP contribution in [-0.4, -0.2) is 28.9 Å². The van der Waals surface area contributed by atoms with E-state index in [1.165, 1.54) is 0 Å². The molecule has 0 fully saturated rings. The summed E-state index contributed by atoms with van der Waals surface area (Å²) in [6, 6.07) is 7.42. The molecule has 0 saturated heterocycles. The lowest BCUT2D eigenvalue weighted by Crippen LogP contribution is -2.32. The fraction of sp³-hybridized carbons (Fsp3) is 0.500. The number of nitrogen functional groups attached to an aromatic ring is 1. The Morgan fingerprint density at radius 2 is 2.30 bits per heavy atom. The molecule has 0 saturated carbocycles. The first-order chi connectivity index (χ1) is 9.56. The smallest absolute Gasteiger partial charge is 0.283 e. The van der Waals surface area contributed by atoms with E-state index in [4.69, 9.17) is 11.1 Å². The maximum absolute atomic E-state index is 11.4. The molecule has 0 aromatic carbocycles. The summed E-state index contributed by atoms with van der Waals surface area (Å²) < 4.78 is 0. The number of amides is 1. The van der Waals surface area contributed by atoms with Crippen molar-refractivity contribution >= 4 is 5.91 Å². The van der Waals surface area contributed by atoms with E-state index in [2.05, 4.69) is 35.2 Å². The molecule has 0 bridgehead atoms. The van der Waals surface area contributed by atoms with Gasteiger partial charge in [0, 0.05) is 26.1 Å². The molecule has 108 valence electrons. The largest absolute Gasteiger partial charge is 0.296 e. The highest BCUT2D eigenvalue weighted by atomic mass is 16.2. The van der Waals surface area contributed by atoms with Crippen molar-refractivity contribution in [1.82, 2.24) is 15.3 Å². The van der Waals surface area contributed by atoms with Gasteiger partial charge in [0.05, 0.1) is 11.8 Å². The highest BCUT2D eigenvalue weighted by Crippen LogP contribution is 2.07. The van der Waals surface area contributed by atoms with Crippen LogP contribution in [0.2, 0.25) is 0 Å². The molecule has 20 heavy (non-hydrogen) atoms. The number of carbonyl (C=O) groups is 1. The SMILES string of the molecule is CC(C)CN(CCC#N)Cc1cccc(C(=O)NN)n1. The standard InChI is InChI=1S/C14H21N5O/c1-11(2)9-19(8-4-7-15)10-12-5-3-6-13(17-12)14(20)18-16/h3,5-6,11H,4,8-10,16H2,1-2H3,(H,18,20). The highest BCUT2D eigenvalue weighted by Gasteiger charge is 2.11. The lowest BCUT2D eigenvalue weighted by molar-refractivity contribution is 0.0948. The molecule has 0 aliphatic carbocycles. The quantitative estimate of drug-likeness (QED) is 0.441. The molecular weight excluding hydrogens is 254 g/mol. The van der Waals surface area contributed by atoms with Gasteiger partial charge in [-0.15, -0.1) is 0 Å². The Balaban J connectivity index is 2.77. The number of aromatic nitrogens is 1. The number of hydrazine groups is 1. The first-order valence-electron chi connectivity index (χ1n) is 6.63. The molecule has 0 spiro atoms. The van der Waals surface area contributed by atoms with Crippen molar-refractivity contribution in [2.75, 3.05) is 13.1 Å². The number of nitrogens with zero attached hydrogens (tertiary/aromatic N) is 3. The summed E-state index contributed by atoms with van der Waals surface area (Å²) in [5.74, 6) is 5.20. The minimum Gasteiger partial charge on any atom is -0.296 e. The molecule has 3 N–H and O–H groups in total. The topological polar surface area (TPSA) is 95.0 Å². The van der Waals surface area contributed by atoms with E-state index in [-0.39, 0.29) is 0 Å². The summed E-state index contributed by atoms with van der Waals surface area (Å²) in [6.45, 7) is 6.46. The number of nitrogens with one attached hydrogen (secondary N) is 1. The van der Waals surface area contributed by atoms with Gasteiger partial charge in [-0.25, -0.2) is 10.8 Å². The van der Waals surface area contributed by atoms with Crippen LogP contribution in [0.3, 0.4) is 0 Å². The molecule has 0 aliphatic heterocycles. The molecule has 0 radical (unpaired) electrons. The number of pyridine rings is 1. The van der Waals surface area contributed by atoms with Gasteiger partial charge < -0.3 is 0 Å². The van der Waals surface area contributed by atoms with Crippen molar-refractivity contribution in [1.29, 1.82) is 5.26 Å². The first-order valence-corrected chi connectivity index (χ1v) is 6.63. The van der Waals surface area contributed by atoms with Crippen LogP contribution in [0.15, 0.2) is 18.2 Å². The van der Waals surface area contributed by atoms with Crippen molar-refractivity contribution < 1.29 is 4.79 Å². The summed E-state index contributed by atoms with van der Waals surface area (Å²) in [7, 11) is 0. The van der Waals surface area contributed by atoms with Crippen LogP contribution in [0.4, 0.5) is 0 Å². The van der Waals surface area contributed by atoms with Crippen LogP contribution >= 0.6 is 0 Å². The minimum absolute atomic E-state index is 0.301. The molecule has 0 atom stereocenters. The molecule has 1 amide bonds. The van der Waals surface area contributed by atoms with E-state index < -0.39 is 5.91 Å². The third-order valence-corrected chi connectivity index (χ3v) is 2.72. The van der Waals surface area contributed by atoms with Crippen molar-refractivity contribution in [2.45, 2.75) is 26.8 Å². The zero-order valence-corrected chi connectivity index (χ0v) is 12.0. The van der Waals surface area contributed by atoms with Gasteiger partial charge in [-0.2, -0.15) is 5.26 Å². The van der Waals surface area contributed by atoms with Crippen molar-refractivity contribution in [3.8, 4) is 6.07 Å². The average Bonchev–Trinajstić information content (AvgIpc) is 2.43. The van der Waals surface area contributed by atoms with Gasteiger partial charge in [0.2, 0.25) is 0 Å². The van der Waals surface area contributed by atoms with Crippen molar-refractivity contribution in [3.63, 3.8) is 0 Å². The van der Waals surface area contributed by atoms with E-state index in [1.54, 1.807) is 12.1 Å². The molecule has 6 heteroatoms. The fourth-order valence-corrected chi connectivity index (χ4v) is 1.96. The number of hydrogen-bond donors (Lipinski definition) is 2. The molecule has 1 aromatic rings. The van der Waals surface area contributed by atoms with Crippen LogP contribution in [0.5, 0.6) is 0 Å². The van der Waals surface area contributed by atoms with E-state index in [0.717, 1.165) is 12.2 Å². The lowest BCUT2D eigenvalue weighted by atomic mass is 10.2. The number of rotatable bonds is 7. The van der Waals surface area contributed by atoms with Gasteiger partial charge >= 0.3 is 0 Å². The minimum atomic E-state index is -0.403. The lowest BCUT2D eigenvalue weighted by Gasteiger charge is -2.22. The number of hydrogen-bond acceptors (Lipinski definition) is 5. The third-order valence-electron chi connectivity index (χ3n) is 2.72. The summed E-state index contributed by atoms with van der Waals surface area (Å²) in [5, 5.41) is 8.71. The second-order valence-corrected chi connectivity index (χ2v) is 5.02. The van der Waals surface area contributed by atoms with Gasteiger partial charge in [0.25, 0.3) is 5.91 Å². The summed E-state index contributed by atoms with van der Waals surface area (Å²) in [4.78, 5) is 17.9. The van der Waals surface area contributed by atoms with Gasteiger partial charge in [-0.1, -0.05) is 19.9 Å². The summed E-state index contributed by atoms with van der Waals surface area (Å²) in [6.07, 6.45) is 0.482. The van der Waals surface area contributed by atoms with Crippen molar-refractivity contribution in [2.24, 2.45) is 11.8 Å². The summed E-state index contributed by atoms with van der Waals surface area (Å²) in [5.41, 5.74) is 3.17. The second kappa shape index (κ2) is 8.25. The van der Waals surface area contributed by atoms with E-state index >= 15 is 0 Å². The van der Waals surface area contributed by atoms with Crippen LogP contribution in [-0.2, 0) is 6.54 Å². The molecule has 1 rings (SSSR count). The Labute approximate surface area is 119 Å². The number of nitrogens with two attached hydrogens (primary N) is 1. The Morgan fingerprint density at radius 3 is 2.90 bits per heavy atom. The monoisotopic (exact) mass is 275 g/mol. The Bertz CT molecular complexity index is 481.